The number of benzene rings is 2. The van der Waals surface area contributed by atoms with Crippen LogP contribution in [0.3, 0.4) is 0 Å². The molecule has 0 saturated heterocycles. The molecule has 5 nitrogen and oxygen atoms in total. The number of carbonyl (C=O) groups is 1. The first kappa shape index (κ1) is 14.5. The van der Waals surface area contributed by atoms with Crippen molar-refractivity contribution < 1.29 is 22.9 Å². The first-order valence-electron chi connectivity index (χ1n) is 5.59. The van der Waals surface area contributed by atoms with Gasteiger partial charge in [-0.2, -0.15) is 0 Å². The Morgan fingerprint density at radius 1 is 1.00 bits per heavy atom. The summed E-state index contributed by atoms with van der Waals surface area (Å²) in [5, 5.41) is 12.5. The third-order valence-corrected chi connectivity index (χ3v) is 2.62. The van der Waals surface area contributed by atoms with Crippen LogP contribution in [0.4, 0.5) is 24.5 Å². The quantitative estimate of drug-likeness (QED) is 0.537. The van der Waals surface area contributed by atoms with E-state index in [0.29, 0.717) is 6.07 Å². The molecule has 0 atom stereocenters. The van der Waals surface area contributed by atoms with Crippen LogP contribution < -0.4 is 5.32 Å². The zero-order chi connectivity index (χ0) is 15.6. The van der Waals surface area contributed by atoms with E-state index in [1.54, 1.807) is 0 Å². The van der Waals surface area contributed by atoms with Crippen LogP contribution in [-0.2, 0) is 0 Å². The Hall–Kier alpha value is -2.90. The van der Waals surface area contributed by atoms with Crippen molar-refractivity contribution in [2.24, 2.45) is 0 Å². The van der Waals surface area contributed by atoms with Gasteiger partial charge in [0.25, 0.3) is 11.6 Å². The van der Waals surface area contributed by atoms with Crippen LogP contribution in [0, 0.1) is 27.6 Å². The predicted molar refractivity (Wildman–Crippen MR) is 67.4 cm³/mol. The molecule has 0 radical (unpaired) electrons. The van der Waals surface area contributed by atoms with Crippen molar-refractivity contribution in [3.05, 3.63) is 69.5 Å². The normalized spacial score (nSPS) is 10.2. The fourth-order valence-corrected chi connectivity index (χ4v) is 1.55. The van der Waals surface area contributed by atoms with E-state index >= 15 is 0 Å². The molecule has 0 bridgehead atoms. The van der Waals surface area contributed by atoms with Crippen molar-refractivity contribution in [2.45, 2.75) is 0 Å². The molecular weight excluding hydrogens is 289 g/mol. The number of carbonyl (C=O) groups excluding carboxylic acids is 1. The van der Waals surface area contributed by atoms with E-state index in [2.05, 4.69) is 5.32 Å². The lowest BCUT2D eigenvalue weighted by atomic mass is 10.2. The van der Waals surface area contributed by atoms with Crippen molar-refractivity contribution in [3.63, 3.8) is 0 Å². The lowest BCUT2D eigenvalue weighted by Crippen LogP contribution is -2.13. The van der Waals surface area contributed by atoms with E-state index in [1.165, 1.54) is 0 Å². The van der Waals surface area contributed by atoms with E-state index < -0.39 is 34.0 Å². The molecule has 0 aliphatic carbocycles. The Morgan fingerprint density at radius 3 is 2.19 bits per heavy atom. The molecular formula is C13H7F3N2O3. The van der Waals surface area contributed by atoms with Crippen molar-refractivity contribution in [1.82, 2.24) is 0 Å². The first-order chi connectivity index (χ1) is 9.90. The van der Waals surface area contributed by atoms with Gasteiger partial charge in [-0.15, -0.1) is 0 Å². The molecule has 0 heterocycles. The molecule has 2 aromatic carbocycles. The number of nitrogens with one attached hydrogen (secondary N) is 1. The summed E-state index contributed by atoms with van der Waals surface area (Å²) < 4.78 is 39.1. The van der Waals surface area contributed by atoms with Gasteiger partial charge in [0.1, 0.15) is 0 Å². The SMILES string of the molecule is O=C(Nc1ccc(F)c(F)c1F)c1ccc([N+](=O)[O-])cc1. The van der Waals surface area contributed by atoms with Gasteiger partial charge in [0.15, 0.2) is 17.5 Å². The maximum Gasteiger partial charge on any atom is 0.269 e. The van der Waals surface area contributed by atoms with Crippen LogP contribution in [0.25, 0.3) is 0 Å². The molecule has 0 spiro atoms. The van der Waals surface area contributed by atoms with E-state index in [0.717, 1.165) is 30.3 Å². The van der Waals surface area contributed by atoms with Crippen molar-refractivity contribution >= 4 is 17.3 Å². The molecule has 0 unspecified atom stereocenters. The largest absolute Gasteiger partial charge is 0.319 e. The number of nitrogens with zero attached hydrogens (tertiary/aromatic N) is 1. The Kier molecular flexibility index (Phi) is 3.88. The standard InChI is InChI=1S/C13H7F3N2O3/c14-9-5-6-10(12(16)11(9)15)17-13(19)7-1-3-8(4-2-7)18(20)21/h1-6H,(H,17,19). The molecule has 1 N–H and O–H groups in total. The number of rotatable bonds is 3. The average molecular weight is 296 g/mol. The summed E-state index contributed by atoms with van der Waals surface area (Å²) in [6, 6.07) is 6.05. The number of halogens is 3. The van der Waals surface area contributed by atoms with E-state index in [1.807, 2.05) is 0 Å². The summed E-state index contributed by atoms with van der Waals surface area (Å²) in [6.07, 6.45) is 0. The van der Waals surface area contributed by atoms with Gasteiger partial charge in [-0.05, 0) is 24.3 Å². The van der Waals surface area contributed by atoms with Crippen molar-refractivity contribution in [1.29, 1.82) is 0 Å². The molecule has 1 amide bonds. The van der Waals surface area contributed by atoms with Gasteiger partial charge in [0.2, 0.25) is 0 Å². The Morgan fingerprint density at radius 2 is 1.62 bits per heavy atom. The monoisotopic (exact) mass is 296 g/mol. The second kappa shape index (κ2) is 5.61. The van der Waals surface area contributed by atoms with Crippen LogP contribution in [0.15, 0.2) is 36.4 Å². The maximum absolute atomic E-state index is 13.4. The van der Waals surface area contributed by atoms with Crippen LogP contribution in [0.1, 0.15) is 10.4 Å². The van der Waals surface area contributed by atoms with E-state index in [4.69, 9.17) is 0 Å². The van der Waals surface area contributed by atoms with Gasteiger partial charge < -0.3 is 5.32 Å². The number of hydrogen-bond donors (Lipinski definition) is 1. The third kappa shape index (κ3) is 2.99. The third-order valence-electron chi connectivity index (χ3n) is 2.62. The van der Waals surface area contributed by atoms with Crippen LogP contribution in [0.2, 0.25) is 0 Å². The molecule has 0 aliphatic heterocycles. The van der Waals surface area contributed by atoms with Gasteiger partial charge in [0.05, 0.1) is 10.6 Å². The Bertz CT molecular complexity index is 717. The topological polar surface area (TPSA) is 72.2 Å². The Labute approximate surface area is 116 Å². The number of anilines is 1. The summed E-state index contributed by atoms with van der Waals surface area (Å²) in [6.45, 7) is 0. The number of nitro groups is 1. The highest BCUT2D eigenvalue weighted by atomic mass is 19.2. The highest BCUT2D eigenvalue weighted by molar-refractivity contribution is 6.04. The minimum atomic E-state index is -1.70. The van der Waals surface area contributed by atoms with Gasteiger partial charge in [-0.1, -0.05) is 0 Å². The maximum atomic E-state index is 13.4. The Balaban J connectivity index is 2.22. The fourth-order valence-electron chi connectivity index (χ4n) is 1.55. The molecule has 0 aliphatic rings. The van der Waals surface area contributed by atoms with Crippen LogP contribution >= 0.6 is 0 Å². The number of nitro benzene ring substituents is 1. The lowest BCUT2D eigenvalue weighted by Gasteiger charge is -2.07. The summed E-state index contributed by atoms with van der Waals surface area (Å²) in [7, 11) is 0. The van der Waals surface area contributed by atoms with Crippen molar-refractivity contribution in [2.75, 3.05) is 5.32 Å². The molecule has 0 saturated carbocycles. The molecule has 8 heteroatoms. The molecule has 0 aromatic heterocycles. The lowest BCUT2D eigenvalue weighted by molar-refractivity contribution is -0.384. The fraction of sp³-hybridized carbons (Fsp3) is 0. The first-order valence-corrected chi connectivity index (χ1v) is 5.59. The summed E-state index contributed by atoms with van der Waals surface area (Å²) in [5.74, 6) is -5.41. The van der Waals surface area contributed by atoms with Gasteiger partial charge in [0, 0.05) is 17.7 Å². The van der Waals surface area contributed by atoms with Crippen molar-refractivity contribution in [3.8, 4) is 0 Å². The molecule has 108 valence electrons. The molecule has 2 aromatic rings. The average Bonchev–Trinajstić information content (AvgIpc) is 2.48. The minimum Gasteiger partial charge on any atom is -0.319 e. The summed E-state index contributed by atoms with van der Waals surface area (Å²) >= 11 is 0. The highest BCUT2D eigenvalue weighted by Crippen LogP contribution is 2.20. The second-order valence-corrected chi connectivity index (χ2v) is 3.98. The van der Waals surface area contributed by atoms with Gasteiger partial charge in [-0.25, -0.2) is 13.2 Å². The summed E-state index contributed by atoms with van der Waals surface area (Å²) in [5.41, 5.74) is -0.743. The van der Waals surface area contributed by atoms with Gasteiger partial charge >= 0.3 is 0 Å². The number of amides is 1. The smallest absolute Gasteiger partial charge is 0.269 e. The zero-order valence-corrected chi connectivity index (χ0v) is 10.3. The van der Waals surface area contributed by atoms with Gasteiger partial charge in [-0.3, -0.25) is 14.9 Å². The van der Waals surface area contributed by atoms with Crippen LogP contribution in [-0.4, -0.2) is 10.8 Å². The van der Waals surface area contributed by atoms with E-state index in [-0.39, 0.29) is 11.3 Å². The predicted octanol–water partition coefficient (Wildman–Crippen LogP) is 3.26. The number of non-ortho nitro benzene ring substituents is 1. The second-order valence-electron chi connectivity index (χ2n) is 3.98. The van der Waals surface area contributed by atoms with E-state index in [9.17, 15) is 28.1 Å². The zero-order valence-electron chi connectivity index (χ0n) is 10.3. The number of hydrogen-bond acceptors (Lipinski definition) is 3. The highest BCUT2D eigenvalue weighted by Gasteiger charge is 2.16. The van der Waals surface area contributed by atoms with Crippen LogP contribution in [0.5, 0.6) is 0 Å². The summed E-state index contributed by atoms with van der Waals surface area (Å²) in [4.78, 5) is 21.6. The molecule has 21 heavy (non-hydrogen) atoms. The molecule has 0 fully saturated rings. The molecule has 2 rings (SSSR count). The minimum absolute atomic E-state index is 0.00438.